The predicted octanol–water partition coefficient (Wildman–Crippen LogP) is 10.3. The minimum Gasteiger partial charge on any atom is -0.396 e. The molecule has 1 aliphatic rings. The van der Waals surface area contributed by atoms with E-state index in [9.17, 15) is 10.2 Å². The molecular formula is C47H48N2O4. The van der Waals surface area contributed by atoms with Crippen LogP contribution in [0.4, 0.5) is 34.1 Å². The summed E-state index contributed by atoms with van der Waals surface area (Å²) >= 11 is 0. The van der Waals surface area contributed by atoms with Crippen LogP contribution in [0.2, 0.25) is 0 Å². The maximum absolute atomic E-state index is 9.52. The van der Waals surface area contributed by atoms with E-state index in [4.69, 9.17) is 9.47 Å². The number of methoxy groups -OCH3 is 2. The van der Waals surface area contributed by atoms with Gasteiger partial charge in [0, 0.05) is 67.0 Å². The second-order valence-electron chi connectivity index (χ2n) is 14.2. The van der Waals surface area contributed by atoms with Crippen molar-refractivity contribution in [3.05, 3.63) is 167 Å². The molecule has 6 nitrogen and oxygen atoms in total. The van der Waals surface area contributed by atoms with Crippen LogP contribution in [-0.4, -0.2) is 37.6 Å². The van der Waals surface area contributed by atoms with Crippen LogP contribution in [0.15, 0.2) is 133 Å². The van der Waals surface area contributed by atoms with Crippen LogP contribution in [0.25, 0.3) is 11.1 Å². The van der Waals surface area contributed by atoms with E-state index in [0.29, 0.717) is 26.1 Å². The summed E-state index contributed by atoms with van der Waals surface area (Å²) < 4.78 is 10.8. The molecule has 0 bridgehead atoms. The van der Waals surface area contributed by atoms with Gasteiger partial charge in [-0.2, -0.15) is 0 Å². The molecule has 0 aromatic heterocycles. The lowest BCUT2D eigenvalue weighted by molar-refractivity contribution is 0.185. The Hall–Kier alpha value is -5.24. The third-order valence-corrected chi connectivity index (χ3v) is 10.4. The Kier molecular flexibility index (Phi) is 10.8. The zero-order valence-electron chi connectivity index (χ0n) is 31.0. The summed E-state index contributed by atoms with van der Waals surface area (Å²) in [6.07, 6.45) is 1.25. The van der Waals surface area contributed by atoms with Gasteiger partial charge in [0.25, 0.3) is 0 Å². The van der Waals surface area contributed by atoms with Gasteiger partial charge in [0.15, 0.2) is 0 Å². The quantitative estimate of drug-likeness (QED) is 0.118. The first-order valence-corrected chi connectivity index (χ1v) is 18.3. The second-order valence-corrected chi connectivity index (χ2v) is 14.2. The van der Waals surface area contributed by atoms with Crippen LogP contribution in [0, 0.1) is 0 Å². The van der Waals surface area contributed by atoms with Gasteiger partial charge in [0.05, 0.1) is 13.2 Å². The lowest BCUT2D eigenvalue weighted by Crippen LogP contribution is -2.17. The molecular weight excluding hydrogens is 657 g/mol. The lowest BCUT2D eigenvalue weighted by Gasteiger charge is -2.29. The first-order chi connectivity index (χ1) is 25.8. The standard InChI is InChI=1S/C47H48N2O4/c1-47(2)45-29-41(48(37-13-5-33(6-14-37)25-27-50)38-15-7-34(8-16-38)26-28-51)21-23-43(45)44-24-22-42(30-46(44)47)49(39-17-9-35(10-18-39)31-52-3)40-19-11-36(12-20-40)32-53-4/h5-24,29-30,50-51H,25-28,31-32H2,1-4H3. The second kappa shape index (κ2) is 15.8. The summed E-state index contributed by atoms with van der Waals surface area (Å²) in [5.74, 6) is 0. The average Bonchev–Trinajstić information content (AvgIpc) is 3.40. The Labute approximate surface area is 313 Å². The van der Waals surface area contributed by atoms with Gasteiger partial charge < -0.3 is 29.5 Å². The number of benzene rings is 6. The normalized spacial score (nSPS) is 12.7. The molecule has 0 radical (unpaired) electrons. The van der Waals surface area contributed by atoms with Crippen LogP contribution in [0.3, 0.4) is 0 Å². The fraction of sp³-hybridized carbons (Fsp3) is 0.234. The number of anilines is 6. The summed E-state index contributed by atoms with van der Waals surface area (Å²) in [5, 5.41) is 19.0. The van der Waals surface area contributed by atoms with Crippen molar-refractivity contribution < 1.29 is 19.7 Å². The molecule has 7 rings (SSSR count). The summed E-state index contributed by atoms with van der Waals surface area (Å²) in [5.41, 5.74) is 15.6. The van der Waals surface area contributed by atoms with E-state index < -0.39 is 0 Å². The van der Waals surface area contributed by atoms with Crippen LogP contribution >= 0.6 is 0 Å². The molecule has 1 aliphatic carbocycles. The molecule has 6 heteroatoms. The molecule has 0 heterocycles. The Morgan fingerprint density at radius 2 is 0.736 bits per heavy atom. The van der Waals surface area contributed by atoms with Crippen molar-refractivity contribution in [3.63, 3.8) is 0 Å². The van der Waals surface area contributed by atoms with E-state index in [2.05, 4.69) is 157 Å². The molecule has 2 N–H and O–H groups in total. The average molecular weight is 705 g/mol. The van der Waals surface area contributed by atoms with E-state index in [-0.39, 0.29) is 18.6 Å². The van der Waals surface area contributed by atoms with Crippen molar-refractivity contribution in [2.24, 2.45) is 0 Å². The Morgan fingerprint density at radius 3 is 1.04 bits per heavy atom. The zero-order valence-corrected chi connectivity index (χ0v) is 31.0. The highest BCUT2D eigenvalue weighted by Crippen LogP contribution is 2.52. The summed E-state index contributed by atoms with van der Waals surface area (Å²) in [4.78, 5) is 4.61. The highest BCUT2D eigenvalue weighted by molar-refractivity contribution is 5.88. The van der Waals surface area contributed by atoms with E-state index >= 15 is 0 Å². The number of hydrogen-bond acceptors (Lipinski definition) is 6. The minimum atomic E-state index is -0.269. The molecule has 0 fully saturated rings. The molecule has 0 saturated heterocycles. The SMILES string of the molecule is COCc1ccc(N(c2ccc(COC)cc2)c2ccc3c(c2)C(C)(C)c2cc(N(c4ccc(CCO)cc4)c4ccc(CCO)cc4)ccc2-3)cc1. The van der Waals surface area contributed by atoms with Crippen LogP contribution in [0.5, 0.6) is 0 Å². The van der Waals surface area contributed by atoms with Crippen molar-refractivity contribution in [3.8, 4) is 11.1 Å². The maximum Gasteiger partial charge on any atom is 0.0713 e. The number of aliphatic hydroxyl groups excluding tert-OH is 2. The van der Waals surface area contributed by atoms with Crippen molar-refractivity contribution in [1.82, 2.24) is 0 Å². The van der Waals surface area contributed by atoms with E-state index in [1.165, 1.54) is 22.3 Å². The molecule has 270 valence electrons. The molecule has 0 atom stereocenters. The fourth-order valence-corrected chi connectivity index (χ4v) is 7.58. The third-order valence-electron chi connectivity index (χ3n) is 10.4. The maximum atomic E-state index is 9.52. The Morgan fingerprint density at radius 1 is 0.434 bits per heavy atom. The summed E-state index contributed by atoms with van der Waals surface area (Å²) in [6, 6.07) is 47.8. The monoisotopic (exact) mass is 704 g/mol. The van der Waals surface area contributed by atoms with E-state index in [0.717, 1.165) is 56.4 Å². The molecule has 0 amide bonds. The van der Waals surface area contributed by atoms with Gasteiger partial charge >= 0.3 is 0 Å². The van der Waals surface area contributed by atoms with Crippen LogP contribution in [-0.2, 0) is 40.9 Å². The van der Waals surface area contributed by atoms with Gasteiger partial charge in [-0.05, 0) is 130 Å². The third kappa shape index (κ3) is 7.37. The van der Waals surface area contributed by atoms with Gasteiger partial charge in [-0.25, -0.2) is 0 Å². The zero-order chi connectivity index (χ0) is 37.0. The summed E-state index contributed by atoms with van der Waals surface area (Å²) in [7, 11) is 3.45. The highest BCUT2D eigenvalue weighted by atomic mass is 16.5. The van der Waals surface area contributed by atoms with Gasteiger partial charge in [-0.3, -0.25) is 0 Å². The number of hydrogen-bond donors (Lipinski definition) is 2. The van der Waals surface area contributed by atoms with E-state index in [1.54, 1.807) is 14.2 Å². The first-order valence-electron chi connectivity index (χ1n) is 18.3. The van der Waals surface area contributed by atoms with E-state index in [1.807, 2.05) is 0 Å². The predicted molar refractivity (Wildman–Crippen MR) is 216 cm³/mol. The fourth-order valence-electron chi connectivity index (χ4n) is 7.58. The van der Waals surface area contributed by atoms with Gasteiger partial charge in [-0.1, -0.05) is 74.5 Å². The van der Waals surface area contributed by atoms with Gasteiger partial charge in [0.2, 0.25) is 0 Å². The number of nitrogens with zero attached hydrogens (tertiary/aromatic N) is 2. The number of rotatable bonds is 14. The van der Waals surface area contributed by atoms with Crippen molar-refractivity contribution >= 4 is 34.1 Å². The topological polar surface area (TPSA) is 65.4 Å². The minimum absolute atomic E-state index is 0.122. The number of ether oxygens (including phenoxy) is 2. The van der Waals surface area contributed by atoms with Gasteiger partial charge in [-0.15, -0.1) is 0 Å². The molecule has 0 spiro atoms. The molecule has 0 unspecified atom stereocenters. The molecule has 0 saturated carbocycles. The van der Waals surface area contributed by atoms with Gasteiger partial charge in [0.1, 0.15) is 0 Å². The van der Waals surface area contributed by atoms with Crippen LogP contribution in [0.1, 0.15) is 47.2 Å². The molecule has 53 heavy (non-hydrogen) atoms. The Balaban J connectivity index is 1.29. The smallest absolute Gasteiger partial charge is 0.0713 e. The highest BCUT2D eigenvalue weighted by Gasteiger charge is 2.37. The summed E-state index contributed by atoms with van der Waals surface area (Å²) in [6.45, 7) is 6.04. The number of aliphatic hydroxyl groups is 2. The van der Waals surface area contributed by atoms with Crippen molar-refractivity contribution in [2.45, 2.75) is 45.3 Å². The molecule has 6 aromatic carbocycles. The molecule has 6 aromatic rings. The first kappa shape index (κ1) is 36.1. The Bertz CT molecular complexity index is 1890. The van der Waals surface area contributed by atoms with Crippen molar-refractivity contribution in [1.29, 1.82) is 0 Å². The number of fused-ring (bicyclic) bond motifs is 3. The molecule has 0 aliphatic heterocycles. The van der Waals surface area contributed by atoms with Crippen LogP contribution < -0.4 is 9.80 Å². The largest absolute Gasteiger partial charge is 0.396 e. The lowest BCUT2D eigenvalue weighted by atomic mass is 9.82. The van der Waals surface area contributed by atoms with Crippen molar-refractivity contribution in [2.75, 3.05) is 37.2 Å².